The van der Waals surface area contributed by atoms with Gasteiger partial charge in [0.1, 0.15) is 0 Å². The zero-order valence-electron chi connectivity index (χ0n) is 15.8. The van der Waals surface area contributed by atoms with Crippen molar-refractivity contribution in [1.82, 2.24) is 19.7 Å². The number of rotatable bonds is 4. The molecule has 3 aromatic heterocycles. The summed E-state index contributed by atoms with van der Waals surface area (Å²) in [6.45, 7) is 6.37. The monoisotopic (exact) mass is 381 g/mol. The lowest BCUT2D eigenvalue weighted by atomic mass is 9.93. The number of carbonyl (C=O) groups is 1. The molecule has 0 aliphatic heterocycles. The largest absolute Gasteiger partial charge is 0.298 e. The van der Waals surface area contributed by atoms with Gasteiger partial charge in [0.2, 0.25) is 0 Å². The molecule has 140 valence electrons. The summed E-state index contributed by atoms with van der Waals surface area (Å²) in [4.78, 5) is 23.2. The van der Waals surface area contributed by atoms with Crippen LogP contribution in [0.25, 0.3) is 5.82 Å². The molecule has 1 amide bonds. The molecule has 1 aliphatic carbocycles. The Morgan fingerprint density at radius 3 is 2.96 bits per heavy atom. The summed E-state index contributed by atoms with van der Waals surface area (Å²) in [5.74, 6) is 1.35. The third-order valence-electron chi connectivity index (χ3n) is 4.87. The van der Waals surface area contributed by atoms with Crippen LogP contribution in [0.5, 0.6) is 0 Å². The number of aromatic nitrogens is 4. The first-order valence-electron chi connectivity index (χ1n) is 9.32. The topological polar surface area (TPSA) is 72.7 Å². The van der Waals surface area contributed by atoms with Crippen molar-refractivity contribution in [3.63, 3.8) is 0 Å². The smallest absolute Gasteiger partial charge is 0.260 e. The first-order chi connectivity index (χ1) is 13.0. The number of fused-ring (bicyclic) bond motifs is 1. The van der Waals surface area contributed by atoms with Gasteiger partial charge in [-0.3, -0.25) is 10.1 Å². The van der Waals surface area contributed by atoms with Crippen molar-refractivity contribution in [2.24, 2.45) is 5.92 Å². The number of pyridine rings is 1. The lowest BCUT2D eigenvalue weighted by Gasteiger charge is -2.15. The maximum Gasteiger partial charge on any atom is 0.260 e. The Bertz CT molecular complexity index is 960. The number of nitrogens with one attached hydrogen (secondary N) is 1. The summed E-state index contributed by atoms with van der Waals surface area (Å²) in [6, 6.07) is 5.66. The van der Waals surface area contributed by atoms with Gasteiger partial charge in [0.05, 0.1) is 23.1 Å². The zero-order chi connectivity index (χ0) is 19.0. The lowest BCUT2D eigenvalue weighted by Crippen LogP contribution is -2.15. The van der Waals surface area contributed by atoms with E-state index >= 15 is 0 Å². The zero-order valence-corrected chi connectivity index (χ0v) is 16.6. The summed E-state index contributed by atoms with van der Waals surface area (Å²) in [6.07, 6.45) is 6.56. The van der Waals surface area contributed by atoms with E-state index in [1.807, 2.05) is 18.2 Å². The van der Waals surface area contributed by atoms with E-state index in [1.165, 1.54) is 11.3 Å². The molecule has 3 aromatic rings. The summed E-state index contributed by atoms with van der Waals surface area (Å²) in [5, 5.41) is 8.09. The summed E-state index contributed by atoms with van der Waals surface area (Å²) in [7, 11) is 0. The van der Waals surface area contributed by atoms with Crippen LogP contribution < -0.4 is 5.32 Å². The van der Waals surface area contributed by atoms with Gasteiger partial charge in [-0.25, -0.2) is 14.6 Å². The Morgan fingerprint density at radius 1 is 1.37 bits per heavy atom. The minimum absolute atomic E-state index is 0.126. The second-order valence-electron chi connectivity index (χ2n) is 7.39. The lowest BCUT2D eigenvalue weighted by molar-refractivity contribution is 0.102. The fourth-order valence-electron chi connectivity index (χ4n) is 3.51. The molecule has 0 bridgehead atoms. The summed E-state index contributed by atoms with van der Waals surface area (Å²) < 4.78 is 1.74. The molecule has 1 N–H and O–H groups in total. The highest BCUT2D eigenvalue weighted by molar-refractivity contribution is 7.15. The summed E-state index contributed by atoms with van der Waals surface area (Å²) >= 11 is 1.60. The number of aryl methyl sites for hydroxylation is 1. The number of carbonyl (C=O) groups excluding carboxylic acids is 1. The number of hydrogen-bond donors (Lipinski definition) is 1. The van der Waals surface area contributed by atoms with Crippen LogP contribution in [-0.4, -0.2) is 25.7 Å². The number of nitrogens with zero attached hydrogens (tertiary/aromatic N) is 4. The second kappa shape index (κ2) is 7.23. The van der Waals surface area contributed by atoms with Gasteiger partial charge in [0.15, 0.2) is 10.9 Å². The number of hydrogen-bond acceptors (Lipinski definition) is 5. The van der Waals surface area contributed by atoms with Gasteiger partial charge in [0, 0.05) is 11.1 Å². The quantitative estimate of drug-likeness (QED) is 0.734. The van der Waals surface area contributed by atoms with Crippen LogP contribution in [0, 0.1) is 5.92 Å². The number of anilines is 1. The van der Waals surface area contributed by atoms with Crippen molar-refractivity contribution >= 4 is 22.4 Å². The third-order valence-corrected chi connectivity index (χ3v) is 5.91. The van der Waals surface area contributed by atoms with Gasteiger partial charge in [-0.15, -0.1) is 11.3 Å². The van der Waals surface area contributed by atoms with E-state index in [4.69, 9.17) is 0 Å². The third kappa shape index (κ3) is 3.51. The fraction of sp³-hybridized carbons (Fsp3) is 0.400. The molecule has 0 radical (unpaired) electrons. The van der Waals surface area contributed by atoms with Gasteiger partial charge in [-0.1, -0.05) is 26.8 Å². The van der Waals surface area contributed by atoms with Crippen LogP contribution in [0.2, 0.25) is 0 Å². The molecule has 6 nitrogen and oxygen atoms in total. The molecular formula is C20H23N5OS. The van der Waals surface area contributed by atoms with Crippen molar-refractivity contribution in [3.05, 3.63) is 52.4 Å². The van der Waals surface area contributed by atoms with Crippen LogP contribution in [0.1, 0.15) is 59.7 Å². The molecule has 4 rings (SSSR count). The van der Waals surface area contributed by atoms with E-state index < -0.39 is 0 Å². The minimum Gasteiger partial charge on any atom is -0.298 e. The molecule has 7 heteroatoms. The molecule has 3 heterocycles. The molecule has 0 saturated carbocycles. The average molecular weight is 382 g/mol. The van der Waals surface area contributed by atoms with Crippen LogP contribution in [0.3, 0.4) is 0 Å². The molecule has 0 aromatic carbocycles. The van der Waals surface area contributed by atoms with Gasteiger partial charge >= 0.3 is 0 Å². The Balaban J connectivity index is 1.62. The van der Waals surface area contributed by atoms with Crippen molar-refractivity contribution in [2.75, 3.05) is 5.32 Å². The molecule has 0 saturated heterocycles. The van der Waals surface area contributed by atoms with E-state index in [0.29, 0.717) is 22.4 Å². The van der Waals surface area contributed by atoms with Crippen LogP contribution in [-0.2, 0) is 12.8 Å². The van der Waals surface area contributed by atoms with E-state index in [1.54, 1.807) is 28.4 Å². The van der Waals surface area contributed by atoms with Crippen LogP contribution >= 0.6 is 11.3 Å². The standard InChI is InChI=1S/C20H23N5OS/c1-12(2)18-14(11-22-25(18)17-6-4-5-9-21-17)19(26)24-20-23-15-8-7-13(3)10-16(15)27-20/h4-6,9,11-13H,7-8,10H2,1-3H3,(H,23,24,26). The maximum absolute atomic E-state index is 12.9. The maximum atomic E-state index is 12.9. The first-order valence-corrected chi connectivity index (χ1v) is 10.1. The second-order valence-corrected chi connectivity index (χ2v) is 8.47. The van der Waals surface area contributed by atoms with Crippen LogP contribution in [0.15, 0.2) is 30.6 Å². The Labute approximate surface area is 162 Å². The van der Waals surface area contributed by atoms with Gasteiger partial charge < -0.3 is 0 Å². The van der Waals surface area contributed by atoms with Crippen molar-refractivity contribution < 1.29 is 4.79 Å². The van der Waals surface area contributed by atoms with Gasteiger partial charge in [0.25, 0.3) is 5.91 Å². The molecule has 0 spiro atoms. The molecule has 0 fully saturated rings. The first kappa shape index (κ1) is 17.9. The molecular weight excluding hydrogens is 358 g/mol. The Morgan fingerprint density at radius 2 is 2.22 bits per heavy atom. The van der Waals surface area contributed by atoms with Crippen molar-refractivity contribution in [1.29, 1.82) is 0 Å². The highest BCUT2D eigenvalue weighted by Gasteiger charge is 2.24. The predicted octanol–water partition coefficient (Wildman–Crippen LogP) is 4.22. The molecule has 1 aliphatic rings. The van der Waals surface area contributed by atoms with Gasteiger partial charge in [-0.2, -0.15) is 5.10 Å². The predicted molar refractivity (Wildman–Crippen MR) is 107 cm³/mol. The number of thiazole rings is 1. The van der Waals surface area contributed by atoms with Crippen molar-refractivity contribution in [3.8, 4) is 5.82 Å². The summed E-state index contributed by atoms with van der Waals surface area (Å²) in [5.41, 5.74) is 2.56. The SMILES string of the molecule is CC1CCc2nc(NC(=O)c3cnn(-c4ccccn4)c3C(C)C)sc2C1. The molecule has 27 heavy (non-hydrogen) atoms. The van der Waals surface area contributed by atoms with Crippen LogP contribution in [0.4, 0.5) is 5.13 Å². The minimum atomic E-state index is -0.167. The highest BCUT2D eigenvalue weighted by atomic mass is 32.1. The number of amides is 1. The van der Waals surface area contributed by atoms with E-state index in [2.05, 4.69) is 41.2 Å². The van der Waals surface area contributed by atoms with E-state index in [-0.39, 0.29) is 11.8 Å². The highest BCUT2D eigenvalue weighted by Crippen LogP contribution is 2.32. The fourth-order valence-corrected chi connectivity index (χ4v) is 4.67. The van der Waals surface area contributed by atoms with Crippen molar-refractivity contribution in [2.45, 2.75) is 46.0 Å². The van der Waals surface area contributed by atoms with E-state index in [0.717, 1.165) is 24.2 Å². The Kier molecular flexibility index (Phi) is 4.78. The molecule has 1 unspecified atom stereocenters. The van der Waals surface area contributed by atoms with E-state index in [9.17, 15) is 4.79 Å². The molecule has 1 atom stereocenters. The average Bonchev–Trinajstić information content (AvgIpc) is 3.25. The normalized spacial score (nSPS) is 16.4. The Hall–Kier alpha value is -2.54. The van der Waals surface area contributed by atoms with Gasteiger partial charge in [-0.05, 0) is 43.2 Å².